The Morgan fingerprint density at radius 1 is 1.38 bits per heavy atom. The van der Waals surface area contributed by atoms with E-state index in [2.05, 4.69) is 10.0 Å². The third-order valence-corrected chi connectivity index (χ3v) is 3.82. The van der Waals surface area contributed by atoms with E-state index in [0.29, 0.717) is 11.4 Å². The fraction of sp³-hybridized carbons (Fsp3) is 0.600. The summed E-state index contributed by atoms with van der Waals surface area (Å²) in [5, 5.41) is 3.19. The molecule has 5 nitrogen and oxygen atoms in total. The number of rotatable bonds is 6. The van der Waals surface area contributed by atoms with Gasteiger partial charge in [0.2, 0.25) is 10.0 Å². The Kier molecular flexibility index (Phi) is 4.52. The van der Waals surface area contributed by atoms with E-state index in [1.807, 2.05) is 18.4 Å². The maximum absolute atomic E-state index is 11.6. The monoisotopic (exact) mass is 245 g/mol. The van der Waals surface area contributed by atoms with Crippen molar-refractivity contribution in [2.75, 3.05) is 13.6 Å². The van der Waals surface area contributed by atoms with Gasteiger partial charge >= 0.3 is 0 Å². The molecule has 0 atom stereocenters. The van der Waals surface area contributed by atoms with Gasteiger partial charge in [0.15, 0.2) is 0 Å². The van der Waals surface area contributed by atoms with E-state index in [9.17, 15) is 8.42 Å². The predicted molar refractivity (Wildman–Crippen MR) is 63.7 cm³/mol. The van der Waals surface area contributed by atoms with Crippen LogP contribution in [0.1, 0.15) is 19.5 Å². The van der Waals surface area contributed by atoms with Gasteiger partial charge in [0, 0.05) is 25.0 Å². The second-order valence-corrected chi connectivity index (χ2v) is 5.33. The largest absolute Gasteiger partial charge is 0.349 e. The van der Waals surface area contributed by atoms with Crippen molar-refractivity contribution in [1.29, 1.82) is 0 Å². The van der Waals surface area contributed by atoms with Gasteiger partial charge in [0.25, 0.3) is 0 Å². The van der Waals surface area contributed by atoms with Crippen LogP contribution in [0.3, 0.4) is 0 Å². The molecule has 2 N–H and O–H groups in total. The summed E-state index contributed by atoms with van der Waals surface area (Å²) < 4.78 is 27.5. The number of hydrogen-bond acceptors (Lipinski definition) is 3. The number of nitrogens with zero attached hydrogens (tertiary/aromatic N) is 1. The Hall–Kier alpha value is -0.850. The zero-order chi connectivity index (χ0) is 12.2. The van der Waals surface area contributed by atoms with Gasteiger partial charge in [-0.25, -0.2) is 13.1 Å². The molecule has 92 valence electrons. The SMILES string of the molecule is CCNCc1cc(S(=O)(=O)NC)cn1CC. The van der Waals surface area contributed by atoms with E-state index in [4.69, 9.17) is 0 Å². The van der Waals surface area contributed by atoms with Crippen LogP contribution in [0.15, 0.2) is 17.2 Å². The fourth-order valence-electron chi connectivity index (χ4n) is 1.49. The number of sulfonamides is 1. The van der Waals surface area contributed by atoms with Crippen molar-refractivity contribution in [3.05, 3.63) is 18.0 Å². The molecule has 1 heterocycles. The van der Waals surface area contributed by atoms with Crippen molar-refractivity contribution in [1.82, 2.24) is 14.6 Å². The lowest BCUT2D eigenvalue weighted by Gasteiger charge is -2.05. The zero-order valence-corrected chi connectivity index (χ0v) is 10.8. The third-order valence-electron chi connectivity index (χ3n) is 2.44. The molecule has 1 aromatic heterocycles. The molecule has 1 aromatic rings. The molecule has 6 heteroatoms. The Morgan fingerprint density at radius 2 is 2.06 bits per heavy atom. The predicted octanol–water partition coefficient (Wildman–Crippen LogP) is 0.526. The molecule has 0 saturated heterocycles. The first-order chi connectivity index (χ1) is 7.55. The van der Waals surface area contributed by atoms with Gasteiger partial charge in [0.1, 0.15) is 0 Å². The smallest absolute Gasteiger partial charge is 0.241 e. The molecular formula is C10H19N3O2S. The number of nitrogens with one attached hydrogen (secondary N) is 2. The van der Waals surface area contributed by atoms with Crippen LogP contribution in [0.5, 0.6) is 0 Å². The number of aromatic nitrogens is 1. The van der Waals surface area contributed by atoms with Crippen LogP contribution in [-0.2, 0) is 23.1 Å². The fourth-order valence-corrected chi connectivity index (χ4v) is 2.28. The molecule has 0 unspecified atom stereocenters. The van der Waals surface area contributed by atoms with Crippen molar-refractivity contribution in [3.63, 3.8) is 0 Å². The maximum Gasteiger partial charge on any atom is 0.241 e. The van der Waals surface area contributed by atoms with Gasteiger partial charge in [-0.3, -0.25) is 0 Å². The van der Waals surface area contributed by atoms with Gasteiger partial charge in [-0.15, -0.1) is 0 Å². The van der Waals surface area contributed by atoms with Crippen LogP contribution in [0, 0.1) is 0 Å². The molecule has 0 spiro atoms. The zero-order valence-electron chi connectivity index (χ0n) is 9.95. The summed E-state index contributed by atoms with van der Waals surface area (Å²) in [6, 6.07) is 1.71. The summed E-state index contributed by atoms with van der Waals surface area (Å²) in [6.07, 6.45) is 1.67. The average Bonchev–Trinajstić information content (AvgIpc) is 2.70. The molecule has 0 aliphatic carbocycles. The van der Waals surface area contributed by atoms with Gasteiger partial charge in [0.05, 0.1) is 4.90 Å². The molecule has 0 radical (unpaired) electrons. The van der Waals surface area contributed by atoms with E-state index in [1.165, 1.54) is 7.05 Å². The normalized spacial score (nSPS) is 11.9. The lowest BCUT2D eigenvalue weighted by Crippen LogP contribution is -2.17. The van der Waals surface area contributed by atoms with Gasteiger partial charge in [-0.1, -0.05) is 6.92 Å². The molecule has 16 heavy (non-hydrogen) atoms. The average molecular weight is 245 g/mol. The van der Waals surface area contributed by atoms with Crippen LogP contribution < -0.4 is 10.0 Å². The minimum absolute atomic E-state index is 0.324. The van der Waals surface area contributed by atoms with E-state index >= 15 is 0 Å². The maximum atomic E-state index is 11.6. The first-order valence-electron chi connectivity index (χ1n) is 5.38. The lowest BCUT2D eigenvalue weighted by molar-refractivity contribution is 0.587. The van der Waals surface area contributed by atoms with Gasteiger partial charge in [-0.05, 0) is 26.6 Å². The molecule has 0 aliphatic heterocycles. The van der Waals surface area contributed by atoms with Crippen LogP contribution in [0.4, 0.5) is 0 Å². The Balaban J connectivity index is 3.03. The lowest BCUT2D eigenvalue weighted by atomic mass is 10.4. The molecular weight excluding hydrogens is 226 g/mol. The third kappa shape index (κ3) is 2.84. The van der Waals surface area contributed by atoms with Gasteiger partial charge < -0.3 is 9.88 Å². The summed E-state index contributed by atoms with van der Waals surface area (Å²) in [6.45, 7) is 6.32. The van der Waals surface area contributed by atoms with Crippen LogP contribution in [0.25, 0.3) is 0 Å². The summed E-state index contributed by atoms with van der Waals surface area (Å²) >= 11 is 0. The van der Waals surface area contributed by atoms with E-state index in [-0.39, 0.29) is 0 Å². The molecule has 1 rings (SSSR count). The first-order valence-corrected chi connectivity index (χ1v) is 6.86. The Morgan fingerprint density at radius 3 is 2.56 bits per heavy atom. The summed E-state index contributed by atoms with van der Waals surface area (Å²) in [5.74, 6) is 0. The number of hydrogen-bond donors (Lipinski definition) is 2. The minimum atomic E-state index is -3.33. The minimum Gasteiger partial charge on any atom is -0.349 e. The highest BCUT2D eigenvalue weighted by Gasteiger charge is 2.15. The quantitative estimate of drug-likeness (QED) is 0.768. The van der Waals surface area contributed by atoms with E-state index in [0.717, 1.165) is 18.8 Å². The summed E-state index contributed by atoms with van der Waals surface area (Å²) in [7, 11) is -1.91. The number of aryl methyl sites for hydroxylation is 1. The molecule has 0 aromatic carbocycles. The standard InChI is InChI=1S/C10H19N3O2S/c1-4-12-7-9-6-10(8-13(9)5-2)16(14,15)11-3/h6,8,11-12H,4-5,7H2,1-3H3. The van der Waals surface area contributed by atoms with E-state index in [1.54, 1.807) is 12.3 Å². The second-order valence-electron chi connectivity index (χ2n) is 3.44. The van der Waals surface area contributed by atoms with Crippen molar-refractivity contribution < 1.29 is 8.42 Å². The first kappa shape index (κ1) is 13.2. The Bertz CT molecular complexity index is 437. The highest BCUT2D eigenvalue weighted by atomic mass is 32.2. The molecule has 0 amide bonds. The van der Waals surface area contributed by atoms with Crippen molar-refractivity contribution >= 4 is 10.0 Å². The molecule has 0 saturated carbocycles. The highest BCUT2D eigenvalue weighted by Crippen LogP contribution is 2.14. The van der Waals surface area contributed by atoms with Crippen LogP contribution in [-0.4, -0.2) is 26.6 Å². The van der Waals surface area contributed by atoms with E-state index < -0.39 is 10.0 Å². The van der Waals surface area contributed by atoms with Crippen LogP contribution >= 0.6 is 0 Å². The highest BCUT2D eigenvalue weighted by molar-refractivity contribution is 7.89. The Labute approximate surface area is 96.9 Å². The van der Waals surface area contributed by atoms with Gasteiger partial charge in [-0.2, -0.15) is 0 Å². The topological polar surface area (TPSA) is 63.1 Å². The van der Waals surface area contributed by atoms with Crippen molar-refractivity contribution in [2.24, 2.45) is 0 Å². The molecule has 0 bridgehead atoms. The summed E-state index contributed by atoms with van der Waals surface area (Å²) in [5.41, 5.74) is 0.984. The molecule has 0 fully saturated rings. The second kappa shape index (κ2) is 5.47. The van der Waals surface area contributed by atoms with Crippen LogP contribution in [0.2, 0.25) is 0 Å². The van der Waals surface area contributed by atoms with Crippen molar-refractivity contribution in [2.45, 2.75) is 31.8 Å². The van der Waals surface area contributed by atoms with Crippen molar-refractivity contribution in [3.8, 4) is 0 Å². The summed E-state index contributed by atoms with van der Waals surface area (Å²) in [4.78, 5) is 0.324. The molecule has 0 aliphatic rings.